The molecule has 0 aliphatic carbocycles. The molecule has 0 radical (unpaired) electrons. The van der Waals surface area contributed by atoms with Gasteiger partial charge < -0.3 is 4.90 Å². The van der Waals surface area contributed by atoms with Crippen molar-refractivity contribution >= 4 is 31.4 Å². The number of rotatable bonds is 6. The maximum absolute atomic E-state index is 12.9. The zero-order valence-corrected chi connectivity index (χ0v) is 18.3. The average Bonchev–Trinajstić information content (AvgIpc) is 2.97. The van der Waals surface area contributed by atoms with Crippen LogP contribution < -0.4 is 9.62 Å². The van der Waals surface area contributed by atoms with Crippen LogP contribution in [0.4, 0.5) is 11.4 Å². The van der Waals surface area contributed by atoms with Gasteiger partial charge in [-0.15, -0.1) is 0 Å². The molecule has 0 amide bonds. The van der Waals surface area contributed by atoms with Crippen molar-refractivity contribution in [2.75, 3.05) is 36.8 Å². The Labute approximate surface area is 173 Å². The van der Waals surface area contributed by atoms with Crippen LogP contribution in [0.3, 0.4) is 0 Å². The van der Waals surface area contributed by atoms with Gasteiger partial charge in [-0.05, 0) is 49.2 Å². The number of sulfonamides is 2. The number of hydrogen-bond donors (Lipinski definition) is 1. The summed E-state index contributed by atoms with van der Waals surface area (Å²) in [6.07, 6.45) is 4.55. The van der Waals surface area contributed by atoms with Crippen LogP contribution in [0, 0.1) is 0 Å². The highest BCUT2D eigenvalue weighted by atomic mass is 32.2. The lowest BCUT2D eigenvalue weighted by Crippen LogP contribution is -2.25. The van der Waals surface area contributed by atoms with Crippen LogP contribution in [0.1, 0.15) is 25.7 Å². The molecule has 0 bridgehead atoms. The molecule has 7 nitrogen and oxygen atoms in total. The average molecular weight is 438 g/mol. The van der Waals surface area contributed by atoms with E-state index in [1.165, 1.54) is 51.2 Å². The van der Waals surface area contributed by atoms with E-state index < -0.39 is 20.0 Å². The Bertz CT molecular complexity index is 1040. The Morgan fingerprint density at radius 1 is 0.793 bits per heavy atom. The Hall–Kier alpha value is -2.10. The summed E-state index contributed by atoms with van der Waals surface area (Å²) >= 11 is 0. The summed E-state index contributed by atoms with van der Waals surface area (Å²) in [5, 5.41) is 0. The summed E-state index contributed by atoms with van der Waals surface area (Å²) in [7, 11) is -4.60. The predicted molar refractivity (Wildman–Crippen MR) is 115 cm³/mol. The number of para-hydroxylation sites is 2. The molecule has 3 rings (SSSR count). The third-order valence-corrected chi connectivity index (χ3v) is 8.22. The van der Waals surface area contributed by atoms with Crippen LogP contribution in [0.15, 0.2) is 58.3 Å². The molecule has 0 aromatic heterocycles. The zero-order valence-electron chi connectivity index (χ0n) is 16.7. The highest BCUT2D eigenvalue weighted by molar-refractivity contribution is 7.92. The Morgan fingerprint density at radius 2 is 1.34 bits per heavy atom. The standard InChI is InChI=1S/C20H27N3O4S2/c1-22(2)29(26,27)18-13-11-17(12-14-18)28(24,25)21-19-9-5-6-10-20(19)23-15-7-3-4-8-16-23/h5-6,9-14,21H,3-4,7-8,15-16H2,1-2H3. The van der Waals surface area contributed by atoms with E-state index in [0.29, 0.717) is 5.69 Å². The lowest BCUT2D eigenvalue weighted by Gasteiger charge is -2.25. The van der Waals surface area contributed by atoms with Crippen molar-refractivity contribution < 1.29 is 16.8 Å². The smallest absolute Gasteiger partial charge is 0.261 e. The van der Waals surface area contributed by atoms with Gasteiger partial charge in [0.05, 0.1) is 21.2 Å². The van der Waals surface area contributed by atoms with E-state index in [2.05, 4.69) is 9.62 Å². The third kappa shape index (κ3) is 4.91. The molecule has 1 aliphatic heterocycles. The van der Waals surface area contributed by atoms with Crippen LogP contribution >= 0.6 is 0 Å². The number of anilines is 2. The second kappa shape index (κ2) is 8.73. The fraction of sp³-hybridized carbons (Fsp3) is 0.400. The monoisotopic (exact) mass is 437 g/mol. The quantitative estimate of drug-likeness (QED) is 0.750. The molecule has 1 fully saturated rings. The van der Waals surface area contributed by atoms with Crippen molar-refractivity contribution in [2.24, 2.45) is 0 Å². The van der Waals surface area contributed by atoms with Crippen molar-refractivity contribution in [3.05, 3.63) is 48.5 Å². The summed E-state index contributed by atoms with van der Waals surface area (Å²) in [5.74, 6) is 0. The highest BCUT2D eigenvalue weighted by Gasteiger charge is 2.21. The second-order valence-corrected chi connectivity index (χ2v) is 11.1. The molecule has 1 saturated heterocycles. The fourth-order valence-corrected chi connectivity index (χ4v) is 5.33. The molecule has 2 aromatic carbocycles. The first kappa shape index (κ1) is 21.6. The highest BCUT2D eigenvalue weighted by Crippen LogP contribution is 2.30. The van der Waals surface area contributed by atoms with E-state index in [9.17, 15) is 16.8 Å². The van der Waals surface area contributed by atoms with Crippen LogP contribution in [0.25, 0.3) is 0 Å². The molecule has 158 valence electrons. The molecular formula is C20H27N3O4S2. The topological polar surface area (TPSA) is 86.8 Å². The van der Waals surface area contributed by atoms with Crippen LogP contribution in [-0.4, -0.2) is 48.3 Å². The molecule has 9 heteroatoms. The van der Waals surface area contributed by atoms with Gasteiger partial charge >= 0.3 is 0 Å². The maximum Gasteiger partial charge on any atom is 0.261 e. The molecular weight excluding hydrogens is 410 g/mol. The van der Waals surface area contributed by atoms with Crippen molar-refractivity contribution in [3.8, 4) is 0 Å². The molecule has 29 heavy (non-hydrogen) atoms. The van der Waals surface area contributed by atoms with Crippen LogP contribution in [0.2, 0.25) is 0 Å². The van der Waals surface area contributed by atoms with Gasteiger partial charge in [-0.25, -0.2) is 21.1 Å². The maximum atomic E-state index is 12.9. The van der Waals surface area contributed by atoms with Gasteiger partial charge in [0.15, 0.2) is 0 Å². The Balaban J connectivity index is 1.87. The first-order chi connectivity index (χ1) is 13.7. The molecule has 1 N–H and O–H groups in total. The normalized spacial score (nSPS) is 15.9. The number of nitrogens with one attached hydrogen (secondary N) is 1. The van der Waals surface area contributed by atoms with Gasteiger partial charge in [0, 0.05) is 27.2 Å². The first-order valence-electron chi connectivity index (χ1n) is 9.61. The van der Waals surface area contributed by atoms with Gasteiger partial charge in [-0.1, -0.05) is 25.0 Å². The fourth-order valence-electron chi connectivity index (χ4n) is 3.35. The lowest BCUT2D eigenvalue weighted by molar-refractivity contribution is 0.520. The molecule has 0 spiro atoms. The van der Waals surface area contributed by atoms with Crippen molar-refractivity contribution in [1.82, 2.24) is 4.31 Å². The minimum Gasteiger partial charge on any atom is -0.370 e. The van der Waals surface area contributed by atoms with Crippen molar-refractivity contribution in [1.29, 1.82) is 0 Å². The summed E-state index contributed by atoms with van der Waals surface area (Å²) in [6, 6.07) is 12.6. The van der Waals surface area contributed by atoms with Crippen LogP contribution in [-0.2, 0) is 20.0 Å². The zero-order chi connectivity index (χ0) is 21.1. The minimum atomic E-state index is -3.85. The van der Waals surface area contributed by atoms with E-state index in [0.717, 1.165) is 35.9 Å². The third-order valence-electron chi connectivity index (χ3n) is 5.01. The molecule has 1 aliphatic rings. The predicted octanol–water partition coefficient (Wildman–Crippen LogP) is 3.12. The molecule has 2 aromatic rings. The number of hydrogen-bond acceptors (Lipinski definition) is 5. The second-order valence-electron chi connectivity index (χ2n) is 7.28. The van der Waals surface area contributed by atoms with E-state index in [4.69, 9.17) is 0 Å². The lowest BCUT2D eigenvalue weighted by atomic mass is 10.2. The van der Waals surface area contributed by atoms with Gasteiger partial charge in [0.25, 0.3) is 10.0 Å². The van der Waals surface area contributed by atoms with Gasteiger partial charge in [0.1, 0.15) is 0 Å². The molecule has 1 heterocycles. The van der Waals surface area contributed by atoms with E-state index in [1.54, 1.807) is 12.1 Å². The summed E-state index contributed by atoms with van der Waals surface area (Å²) < 4.78 is 54.0. The van der Waals surface area contributed by atoms with Crippen molar-refractivity contribution in [3.63, 3.8) is 0 Å². The molecule has 0 unspecified atom stereocenters. The van der Waals surface area contributed by atoms with Gasteiger partial charge in [-0.2, -0.15) is 0 Å². The largest absolute Gasteiger partial charge is 0.370 e. The van der Waals surface area contributed by atoms with E-state index in [1.807, 2.05) is 12.1 Å². The first-order valence-corrected chi connectivity index (χ1v) is 12.5. The van der Waals surface area contributed by atoms with Crippen LogP contribution in [0.5, 0.6) is 0 Å². The summed E-state index contributed by atoms with van der Waals surface area (Å²) in [6.45, 7) is 1.80. The number of benzene rings is 2. The van der Waals surface area contributed by atoms with E-state index >= 15 is 0 Å². The van der Waals surface area contributed by atoms with Crippen molar-refractivity contribution in [2.45, 2.75) is 35.5 Å². The SMILES string of the molecule is CN(C)S(=O)(=O)c1ccc(S(=O)(=O)Nc2ccccc2N2CCCCCC2)cc1. The molecule has 0 saturated carbocycles. The summed E-state index contributed by atoms with van der Waals surface area (Å²) in [4.78, 5) is 2.28. The summed E-state index contributed by atoms with van der Waals surface area (Å²) in [5.41, 5.74) is 1.39. The minimum absolute atomic E-state index is 0.0147. The van der Waals surface area contributed by atoms with Gasteiger partial charge in [0.2, 0.25) is 10.0 Å². The Morgan fingerprint density at radius 3 is 1.93 bits per heavy atom. The molecule has 0 atom stereocenters. The van der Waals surface area contributed by atoms with E-state index in [-0.39, 0.29) is 9.79 Å². The van der Waals surface area contributed by atoms with Gasteiger partial charge in [-0.3, -0.25) is 4.72 Å². The number of nitrogens with zero attached hydrogens (tertiary/aromatic N) is 2. The Kier molecular flexibility index (Phi) is 6.50.